The van der Waals surface area contributed by atoms with Crippen LogP contribution in [0.5, 0.6) is 11.5 Å². The quantitative estimate of drug-likeness (QED) is 0.321. The van der Waals surface area contributed by atoms with Gasteiger partial charge in [0.2, 0.25) is 6.20 Å². The molecule has 0 fully saturated rings. The third kappa shape index (κ3) is 4.54. The third-order valence-corrected chi connectivity index (χ3v) is 5.46. The Hall–Kier alpha value is -3.93. The first-order valence-electron chi connectivity index (χ1n) is 10.5. The highest BCUT2D eigenvalue weighted by Gasteiger charge is 2.24. The topological polar surface area (TPSA) is 68.4 Å². The number of benzene rings is 1. The second kappa shape index (κ2) is 9.06. The average Bonchev–Trinajstić information content (AvgIpc) is 3.08. The molecule has 0 atom stereocenters. The maximum Gasteiger partial charge on any atom is 0.264 e. The van der Waals surface area contributed by atoms with Crippen molar-refractivity contribution in [1.29, 1.82) is 0 Å². The zero-order valence-electron chi connectivity index (χ0n) is 18.5. The molecule has 2 aromatic heterocycles. The fourth-order valence-electron chi connectivity index (χ4n) is 3.98. The van der Waals surface area contributed by atoms with Crippen molar-refractivity contribution < 1.29 is 19.4 Å². The molecule has 0 saturated carbocycles. The van der Waals surface area contributed by atoms with E-state index >= 15 is 0 Å². The van der Waals surface area contributed by atoms with E-state index in [-0.39, 0.29) is 0 Å². The molecule has 0 bridgehead atoms. The van der Waals surface area contributed by atoms with E-state index in [9.17, 15) is 5.21 Å². The minimum atomic E-state index is 0.489. The van der Waals surface area contributed by atoms with Gasteiger partial charge in [0, 0.05) is 34.8 Å². The number of ether oxygens (including phenoxy) is 2. The van der Waals surface area contributed by atoms with Crippen LogP contribution in [0.15, 0.2) is 102 Å². The van der Waals surface area contributed by atoms with E-state index in [0.717, 1.165) is 45.5 Å². The molecular weight excluding hydrogens is 402 g/mol. The molecule has 6 nitrogen and oxygen atoms in total. The number of pyridine rings is 1. The average molecular weight is 429 g/mol. The van der Waals surface area contributed by atoms with Crippen LogP contribution in [-0.2, 0) is 0 Å². The maximum absolute atomic E-state index is 9.59. The van der Waals surface area contributed by atoms with Crippen LogP contribution in [0.3, 0.4) is 0 Å². The van der Waals surface area contributed by atoms with Gasteiger partial charge in [0.1, 0.15) is 17.3 Å². The van der Waals surface area contributed by atoms with E-state index in [1.165, 1.54) is 23.5 Å². The zero-order chi connectivity index (χ0) is 22.7. The monoisotopic (exact) mass is 428 g/mol. The molecule has 162 valence electrons. The van der Waals surface area contributed by atoms with Crippen LogP contribution in [0.4, 0.5) is 0 Å². The van der Waals surface area contributed by atoms with Gasteiger partial charge in [0.25, 0.3) is 6.20 Å². The van der Waals surface area contributed by atoms with Crippen molar-refractivity contribution in [3.05, 3.63) is 102 Å². The zero-order valence-corrected chi connectivity index (χ0v) is 18.5. The number of hydrogen-bond acceptors (Lipinski definition) is 5. The predicted octanol–water partition coefficient (Wildman–Crippen LogP) is 5.46. The molecule has 32 heavy (non-hydrogen) atoms. The van der Waals surface area contributed by atoms with Crippen LogP contribution in [0.1, 0.15) is 33.6 Å². The van der Waals surface area contributed by atoms with E-state index in [0.29, 0.717) is 17.3 Å². The number of nitrogens with zero attached hydrogens (tertiary/aromatic N) is 3. The Labute approximate surface area is 187 Å². The lowest BCUT2D eigenvalue weighted by atomic mass is 10.0. The smallest absolute Gasteiger partial charge is 0.264 e. The van der Waals surface area contributed by atoms with Gasteiger partial charge in [-0.1, -0.05) is 19.1 Å². The molecule has 6 heteroatoms. The second-order valence-corrected chi connectivity index (χ2v) is 7.66. The summed E-state index contributed by atoms with van der Waals surface area (Å²) in [4.78, 5) is 8.67. The van der Waals surface area contributed by atoms with E-state index in [1.807, 2.05) is 31.2 Å². The SMILES string of the molecule is C=C(C=C1CC(CC)=C(C)C1=C(C)Oc1ccc2nccnc2c1)Oc1ccc[n+](O)c1. The molecule has 1 N–H and O–H groups in total. The van der Waals surface area contributed by atoms with Crippen molar-refractivity contribution in [3.63, 3.8) is 0 Å². The molecule has 3 aromatic rings. The fourth-order valence-corrected chi connectivity index (χ4v) is 3.98. The van der Waals surface area contributed by atoms with Gasteiger partial charge in [-0.2, -0.15) is 0 Å². The van der Waals surface area contributed by atoms with E-state index in [4.69, 9.17) is 9.47 Å². The Morgan fingerprint density at radius 3 is 2.69 bits per heavy atom. The summed E-state index contributed by atoms with van der Waals surface area (Å²) in [6.07, 6.45) is 10.1. The number of rotatable bonds is 6. The molecule has 4 rings (SSSR count). The van der Waals surface area contributed by atoms with Crippen molar-refractivity contribution in [2.45, 2.75) is 33.6 Å². The minimum Gasteiger partial charge on any atom is -0.461 e. The maximum atomic E-state index is 9.59. The molecule has 0 amide bonds. The first-order valence-corrected chi connectivity index (χ1v) is 10.5. The van der Waals surface area contributed by atoms with Crippen molar-refractivity contribution in [3.8, 4) is 11.5 Å². The number of hydrogen-bond donors (Lipinski definition) is 1. The molecule has 0 radical (unpaired) electrons. The fraction of sp³-hybridized carbons (Fsp3) is 0.192. The first-order chi connectivity index (χ1) is 15.4. The molecule has 1 aliphatic rings. The largest absolute Gasteiger partial charge is 0.461 e. The van der Waals surface area contributed by atoms with Crippen LogP contribution in [0.2, 0.25) is 0 Å². The second-order valence-electron chi connectivity index (χ2n) is 7.66. The Kier molecular flexibility index (Phi) is 6.03. The van der Waals surface area contributed by atoms with Crippen LogP contribution in [0, 0.1) is 0 Å². The Morgan fingerprint density at radius 2 is 1.94 bits per heavy atom. The van der Waals surface area contributed by atoms with Crippen LogP contribution in [-0.4, -0.2) is 15.2 Å². The highest BCUT2D eigenvalue weighted by atomic mass is 16.5. The summed E-state index contributed by atoms with van der Waals surface area (Å²) in [5.41, 5.74) is 6.36. The van der Waals surface area contributed by atoms with Gasteiger partial charge in [-0.05, 0) is 62.1 Å². The van der Waals surface area contributed by atoms with Crippen molar-refractivity contribution in [2.24, 2.45) is 0 Å². The molecule has 2 heterocycles. The van der Waals surface area contributed by atoms with Gasteiger partial charge in [-0.15, -0.1) is 0 Å². The van der Waals surface area contributed by atoms with E-state index in [2.05, 4.69) is 30.4 Å². The van der Waals surface area contributed by atoms with Crippen LogP contribution >= 0.6 is 0 Å². The minimum absolute atomic E-state index is 0.489. The van der Waals surface area contributed by atoms with Crippen molar-refractivity contribution in [1.82, 2.24) is 9.97 Å². The van der Waals surface area contributed by atoms with Gasteiger partial charge in [0.05, 0.1) is 11.0 Å². The summed E-state index contributed by atoms with van der Waals surface area (Å²) in [7, 11) is 0. The normalized spacial score (nSPS) is 16.5. The highest BCUT2D eigenvalue weighted by molar-refractivity contribution is 5.75. The predicted molar refractivity (Wildman–Crippen MR) is 122 cm³/mol. The molecule has 0 aliphatic heterocycles. The first kappa shape index (κ1) is 21.3. The summed E-state index contributed by atoms with van der Waals surface area (Å²) in [5, 5.41) is 9.59. The van der Waals surface area contributed by atoms with E-state index in [1.54, 1.807) is 24.5 Å². The lowest BCUT2D eigenvalue weighted by Gasteiger charge is -2.13. The molecule has 0 saturated heterocycles. The highest BCUT2D eigenvalue weighted by Crippen LogP contribution is 2.40. The summed E-state index contributed by atoms with van der Waals surface area (Å²) in [6, 6.07) is 9.17. The summed E-state index contributed by atoms with van der Waals surface area (Å²) >= 11 is 0. The van der Waals surface area contributed by atoms with Gasteiger partial charge >= 0.3 is 0 Å². The molecule has 0 spiro atoms. The van der Waals surface area contributed by atoms with E-state index < -0.39 is 0 Å². The standard InChI is InChI=1S/C26H26N3O3/c1-5-20-14-21(13-17(2)31-23-7-6-12-29(30)16-23)26(18(20)3)19(4)32-22-8-9-24-25(15-22)28-11-10-27-24/h6-13,15-16,30H,2,5,14H2,1,3-4H3/q+1. The molecule has 1 aromatic carbocycles. The molecule has 0 unspecified atom stereocenters. The Balaban J connectivity index is 1.64. The lowest BCUT2D eigenvalue weighted by Crippen LogP contribution is -2.28. The van der Waals surface area contributed by atoms with Gasteiger partial charge < -0.3 is 9.47 Å². The lowest BCUT2D eigenvalue weighted by molar-refractivity contribution is -0.904. The van der Waals surface area contributed by atoms with Gasteiger partial charge in [0.15, 0.2) is 5.75 Å². The van der Waals surface area contributed by atoms with Crippen molar-refractivity contribution in [2.75, 3.05) is 0 Å². The van der Waals surface area contributed by atoms with Gasteiger partial charge in [-0.3, -0.25) is 15.2 Å². The summed E-state index contributed by atoms with van der Waals surface area (Å²) < 4.78 is 13.0. The Morgan fingerprint density at radius 1 is 1.16 bits per heavy atom. The van der Waals surface area contributed by atoms with Crippen LogP contribution in [0.25, 0.3) is 11.0 Å². The van der Waals surface area contributed by atoms with Crippen molar-refractivity contribution >= 4 is 11.0 Å². The number of fused-ring (bicyclic) bond motifs is 1. The number of allylic oxidation sites excluding steroid dienone is 6. The Bertz CT molecular complexity index is 1290. The molecule has 1 aliphatic carbocycles. The number of aromatic nitrogens is 3. The molecular formula is C26H26N3O3+. The summed E-state index contributed by atoms with van der Waals surface area (Å²) in [6.45, 7) is 10.3. The van der Waals surface area contributed by atoms with Gasteiger partial charge in [-0.25, -0.2) is 0 Å². The summed E-state index contributed by atoms with van der Waals surface area (Å²) in [5.74, 6) is 2.52. The third-order valence-electron chi connectivity index (χ3n) is 5.46. The van der Waals surface area contributed by atoms with Crippen LogP contribution < -0.4 is 14.2 Å².